The first-order valence-corrected chi connectivity index (χ1v) is 5.81. The Balaban J connectivity index is 2.14. The molecule has 2 fully saturated rings. The molecule has 2 bridgehead atoms. The lowest BCUT2D eigenvalue weighted by atomic mass is 9.79. The number of fused-ring (bicyclic) bond motifs is 2. The SMILES string of the molecule is CCC1C2COCC(C2)C1C(C)C. The van der Waals surface area contributed by atoms with Crippen molar-refractivity contribution in [2.75, 3.05) is 13.2 Å². The van der Waals surface area contributed by atoms with Gasteiger partial charge in [0.05, 0.1) is 0 Å². The Morgan fingerprint density at radius 3 is 2.54 bits per heavy atom. The van der Waals surface area contributed by atoms with Gasteiger partial charge in [0.2, 0.25) is 0 Å². The van der Waals surface area contributed by atoms with Gasteiger partial charge in [0.15, 0.2) is 0 Å². The highest BCUT2D eigenvalue weighted by molar-refractivity contribution is 4.93. The van der Waals surface area contributed by atoms with Crippen molar-refractivity contribution in [1.82, 2.24) is 0 Å². The van der Waals surface area contributed by atoms with E-state index in [0.717, 1.165) is 42.8 Å². The lowest BCUT2D eigenvalue weighted by Crippen LogP contribution is -2.22. The Morgan fingerprint density at radius 1 is 1.23 bits per heavy atom. The molecule has 0 spiro atoms. The molecule has 1 nitrogen and oxygen atoms in total. The molecule has 76 valence electrons. The van der Waals surface area contributed by atoms with Crippen molar-refractivity contribution in [3.8, 4) is 0 Å². The zero-order valence-corrected chi connectivity index (χ0v) is 9.12. The fourth-order valence-electron chi connectivity index (χ4n) is 3.77. The van der Waals surface area contributed by atoms with Gasteiger partial charge in [0, 0.05) is 13.2 Å². The van der Waals surface area contributed by atoms with Gasteiger partial charge in [-0.2, -0.15) is 0 Å². The van der Waals surface area contributed by atoms with E-state index in [1.165, 1.54) is 12.8 Å². The molecule has 1 heteroatoms. The van der Waals surface area contributed by atoms with E-state index >= 15 is 0 Å². The van der Waals surface area contributed by atoms with Crippen LogP contribution in [0.5, 0.6) is 0 Å². The van der Waals surface area contributed by atoms with E-state index < -0.39 is 0 Å². The maximum atomic E-state index is 5.67. The zero-order chi connectivity index (χ0) is 9.42. The highest BCUT2D eigenvalue weighted by Gasteiger charge is 2.45. The Morgan fingerprint density at radius 2 is 1.92 bits per heavy atom. The minimum absolute atomic E-state index is 0.849. The number of ether oxygens (including phenoxy) is 1. The third-order valence-electron chi connectivity index (χ3n) is 4.15. The van der Waals surface area contributed by atoms with Gasteiger partial charge >= 0.3 is 0 Å². The first-order chi connectivity index (χ1) is 6.24. The summed E-state index contributed by atoms with van der Waals surface area (Å²) in [7, 11) is 0. The van der Waals surface area contributed by atoms with Crippen molar-refractivity contribution >= 4 is 0 Å². The molecule has 1 heterocycles. The van der Waals surface area contributed by atoms with Crippen LogP contribution in [0.4, 0.5) is 0 Å². The molecule has 13 heavy (non-hydrogen) atoms. The molecule has 1 aliphatic carbocycles. The molecule has 0 aromatic carbocycles. The van der Waals surface area contributed by atoms with Crippen LogP contribution >= 0.6 is 0 Å². The van der Waals surface area contributed by atoms with E-state index in [0.29, 0.717) is 0 Å². The van der Waals surface area contributed by atoms with Crippen molar-refractivity contribution in [3.63, 3.8) is 0 Å². The lowest BCUT2D eigenvalue weighted by molar-refractivity contribution is 0.0366. The minimum atomic E-state index is 0.849. The van der Waals surface area contributed by atoms with Gasteiger partial charge in [-0.25, -0.2) is 0 Å². The summed E-state index contributed by atoms with van der Waals surface area (Å²) in [6, 6.07) is 0. The molecule has 1 saturated carbocycles. The minimum Gasteiger partial charge on any atom is -0.381 e. The molecule has 0 radical (unpaired) electrons. The Labute approximate surface area is 81.9 Å². The van der Waals surface area contributed by atoms with E-state index in [4.69, 9.17) is 4.74 Å². The monoisotopic (exact) mass is 182 g/mol. The third kappa shape index (κ3) is 1.52. The number of hydrogen-bond acceptors (Lipinski definition) is 1. The molecule has 0 N–H and O–H groups in total. The first kappa shape index (κ1) is 9.51. The van der Waals surface area contributed by atoms with Crippen molar-refractivity contribution in [1.29, 1.82) is 0 Å². The van der Waals surface area contributed by atoms with Crippen LogP contribution in [0.15, 0.2) is 0 Å². The normalized spacial score (nSPS) is 44.3. The van der Waals surface area contributed by atoms with Crippen molar-refractivity contribution in [2.45, 2.75) is 33.6 Å². The van der Waals surface area contributed by atoms with E-state index in [1.54, 1.807) is 0 Å². The highest BCUT2D eigenvalue weighted by Crippen LogP contribution is 2.49. The van der Waals surface area contributed by atoms with Gasteiger partial charge < -0.3 is 4.74 Å². The largest absolute Gasteiger partial charge is 0.381 e. The first-order valence-electron chi connectivity index (χ1n) is 5.81. The van der Waals surface area contributed by atoms with Crippen LogP contribution in [0, 0.1) is 29.6 Å². The smallest absolute Gasteiger partial charge is 0.0497 e. The number of hydrogen-bond donors (Lipinski definition) is 0. The van der Waals surface area contributed by atoms with Crippen LogP contribution in [0.25, 0.3) is 0 Å². The Kier molecular flexibility index (Phi) is 2.64. The zero-order valence-electron chi connectivity index (χ0n) is 9.12. The van der Waals surface area contributed by atoms with Crippen molar-refractivity contribution in [3.05, 3.63) is 0 Å². The summed E-state index contributed by atoms with van der Waals surface area (Å²) in [5, 5.41) is 0. The molecule has 0 aromatic rings. The van der Waals surface area contributed by atoms with Gasteiger partial charge in [-0.05, 0) is 36.0 Å². The van der Waals surface area contributed by atoms with Crippen LogP contribution in [-0.2, 0) is 4.74 Å². The van der Waals surface area contributed by atoms with Crippen LogP contribution in [0.3, 0.4) is 0 Å². The quantitative estimate of drug-likeness (QED) is 0.638. The molecular formula is C12H22O. The molecule has 2 rings (SSSR count). The maximum Gasteiger partial charge on any atom is 0.0497 e. The second-order valence-electron chi connectivity index (χ2n) is 5.19. The molecule has 4 atom stereocenters. The fourth-order valence-corrected chi connectivity index (χ4v) is 3.77. The molecule has 1 saturated heterocycles. The second kappa shape index (κ2) is 3.61. The van der Waals surface area contributed by atoms with Crippen LogP contribution in [0.2, 0.25) is 0 Å². The van der Waals surface area contributed by atoms with Crippen LogP contribution in [0.1, 0.15) is 33.6 Å². The summed E-state index contributed by atoms with van der Waals surface area (Å²) in [6.45, 7) is 9.19. The van der Waals surface area contributed by atoms with Gasteiger partial charge in [0.25, 0.3) is 0 Å². The van der Waals surface area contributed by atoms with Crippen LogP contribution in [-0.4, -0.2) is 13.2 Å². The van der Waals surface area contributed by atoms with Gasteiger partial charge in [-0.1, -0.05) is 27.2 Å². The predicted molar refractivity (Wildman–Crippen MR) is 54.5 cm³/mol. The summed E-state index contributed by atoms with van der Waals surface area (Å²) < 4.78 is 5.67. The summed E-state index contributed by atoms with van der Waals surface area (Å²) in [6.07, 6.45) is 2.80. The molecular weight excluding hydrogens is 160 g/mol. The van der Waals surface area contributed by atoms with E-state index in [2.05, 4.69) is 20.8 Å². The van der Waals surface area contributed by atoms with Crippen LogP contribution < -0.4 is 0 Å². The molecule has 0 amide bonds. The topological polar surface area (TPSA) is 9.23 Å². The second-order valence-corrected chi connectivity index (χ2v) is 5.19. The highest BCUT2D eigenvalue weighted by atomic mass is 16.5. The Bertz CT molecular complexity index is 176. The molecule has 4 unspecified atom stereocenters. The van der Waals surface area contributed by atoms with Crippen molar-refractivity contribution in [2.24, 2.45) is 29.6 Å². The van der Waals surface area contributed by atoms with E-state index in [-0.39, 0.29) is 0 Å². The average molecular weight is 182 g/mol. The standard InChI is InChI=1S/C12H22O/c1-4-11-9-5-10(7-13-6-9)12(11)8(2)3/h8-12H,4-7H2,1-3H3. The Hall–Kier alpha value is -0.0400. The molecule has 0 aromatic heterocycles. The lowest BCUT2D eigenvalue weighted by Gasteiger charge is -2.26. The van der Waals surface area contributed by atoms with E-state index in [9.17, 15) is 0 Å². The van der Waals surface area contributed by atoms with Gasteiger partial charge in [-0.3, -0.25) is 0 Å². The van der Waals surface area contributed by atoms with E-state index in [1.807, 2.05) is 0 Å². The maximum absolute atomic E-state index is 5.67. The predicted octanol–water partition coefficient (Wildman–Crippen LogP) is 2.95. The van der Waals surface area contributed by atoms with Gasteiger partial charge in [-0.15, -0.1) is 0 Å². The molecule has 1 aliphatic heterocycles. The van der Waals surface area contributed by atoms with Gasteiger partial charge in [0.1, 0.15) is 0 Å². The number of rotatable bonds is 2. The summed E-state index contributed by atoms with van der Waals surface area (Å²) in [4.78, 5) is 0. The van der Waals surface area contributed by atoms with Crippen molar-refractivity contribution < 1.29 is 4.74 Å². The average Bonchev–Trinajstić information content (AvgIpc) is 2.37. The fraction of sp³-hybridized carbons (Fsp3) is 1.00. The summed E-state index contributed by atoms with van der Waals surface area (Å²) >= 11 is 0. The summed E-state index contributed by atoms with van der Waals surface area (Å²) in [5.41, 5.74) is 0. The molecule has 2 aliphatic rings. The third-order valence-corrected chi connectivity index (χ3v) is 4.15. The summed E-state index contributed by atoms with van der Waals surface area (Å²) in [5.74, 6) is 4.51.